The second kappa shape index (κ2) is 11.9. The van der Waals surface area contributed by atoms with Gasteiger partial charge in [-0.3, -0.25) is 9.80 Å². The molecule has 0 bridgehead atoms. The average molecular weight is 600 g/mol. The molecule has 2 aliphatic heterocycles. The molecule has 1 aliphatic carbocycles. The monoisotopic (exact) mass is 599 g/mol. The Balaban J connectivity index is 1.13. The van der Waals surface area contributed by atoms with Gasteiger partial charge in [0.1, 0.15) is 17.2 Å². The molecule has 232 valence electrons. The average Bonchev–Trinajstić information content (AvgIpc) is 3.78. The Labute approximate surface area is 259 Å². The zero-order valence-electron chi connectivity index (χ0n) is 26.1. The lowest BCUT2D eigenvalue weighted by Crippen LogP contribution is -2.52. The summed E-state index contributed by atoms with van der Waals surface area (Å²) in [6.45, 7) is 11.2. The molecule has 3 aliphatic rings. The molecule has 0 radical (unpaired) electrons. The van der Waals surface area contributed by atoms with Crippen molar-refractivity contribution in [1.82, 2.24) is 10.2 Å². The zero-order valence-corrected chi connectivity index (χ0v) is 26.1. The first kappa shape index (κ1) is 30.1. The van der Waals surface area contributed by atoms with Gasteiger partial charge in [0.2, 0.25) is 0 Å². The van der Waals surface area contributed by atoms with Crippen LogP contribution < -0.4 is 15.0 Å². The molecule has 2 heterocycles. The van der Waals surface area contributed by atoms with E-state index in [1.807, 2.05) is 52.0 Å². The molecule has 3 aromatic carbocycles. The number of nitrogens with one attached hydrogen (secondary N) is 1. The van der Waals surface area contributed by atoms with E-state index >= 15 is 0 Å². The Hall–Kier alpha value is -3.91. The molecule has 7 nitrogen and oxygen atoms in total. The highest BCUT2D eigenvalue weighted by atomic mass is 19.1. The lowest BCUT2D eigenvalue weighted by molar-refractivity contribution is 0.00695. The largest absolute Gasteiger partial charge is 0.494 e. The number of halogens is 1. The van der Waals surface area contributed by atoms with Gasteiger partial charge in [-0.2, -0.15) is 0 Å². The summed E-state index contributed by atoms with van der Waals surface area (Å²) in [6.07, 6.45) is 4.04. The number of hydrogen-bond donors (Lipinski definition) is 1. The molecule has 44 heavy (non-hydrogen) atoms. The smallest absolute Gasteiger partial charge is 0.338 e. The Morgan fingerprint density at radius 3 is 2.32 bits per heavy atom. The third-order valence-corrected chi connectivity index (χ3v) is 8.80. The van der Waals surface area contributed by atoms with Crippen LogP contribution in [0.25, 0.3) is 11.1 Å². The van der Waals surface area contributed by atoms with E-state index in [0.29, 0.717) is 24.6 Å². The van der Waals surface area contributed by atoms with E-state index in [1.165, 1.54) is 36.1 Å². The number of hydrogen-bond acceptors (Lipinski definition) is 5. The highest BCUT2D eigenvalue weighted by Crippen LogP contribution is 2.47. The molecule has 8 heteroatoms. The van der Waals surface area contributed by atoms with E-state index in [9.17, 15) is 14.0 Å². The van der Waals surface area contributed by atoms with Gasteiger partial charge in [-0.25, -0.2) is 14.0 Å². The number of piperidine rings is 1. The Morgan fingerprint density at radius 2 is 1.70 bits per heavy atom. The standard InChI is InChI=1S/C36H42FN3O4/c1-5-43-32-21-31(25-8-12-28(37)13-9-25)30(24-6-7-24)20-27(32)22-39-18-16-36(17-19-39)23-40(34(42)38-36)29-14-10-26(11-15-29)33(41)44-35(2,3)4/h8-15,20-21,24H,5-7,16-19,22-23H2,1-4H3,(H,38,42). The van der Waals surface area contributed by atoms with Crippen LogP contribution >= 0.6 is 0 Å². The SMILES string of the molecule is CCOc1cc(-c2ccc(F)cc2)c(C2CC2)cc1CN1CCC2(CC1)CN(c1ccc(C(=O)OC(C)(C)C)cc1)C(=O)N2. The minimum absolute atomic E-state index is 0.104. The van der Waals surface area contributed by atoms with Gasteiger partial charge in [-0.15, -0.1) is 0 Å². The van der Waals surface area contributed by atoms with Gasteiger partial charge in [-0.05, 0) is 125 Å². The summed E-state index contributed by atoms with van der Waals surface area (Å²) in [5.74, 6) is 0.809. The summed E-state index contributed by atoms with van der Waals surface area (Å²) in [5.41, 5.74) is 5.02. The van der Waals surface area contributed by atoms with Gasteiger partial charge in [0.25, 0.3) is 0 Å². The first-order chi connectivity index (χ1) is 21.0. The van der Waals surface area contributed by atoms with Crippen molar-refractivity contribution in [3.05, 3.63) is 83.2 Å². The van der Waals surface area contributed by atoms with Crippen molar-refractivity contribution in [2.24, 2.45) is 0 Å². The van der Waals surface area contributed by atoms with Gasteiger partial charge < -0.3 is 14.8 Å². The van der Waals surface area contributed by atoms with Crippen LogP contribution in [0.4, 0.5) is 14.9 Å². The normalized spacial score (nSPS) is 18.4. The Kier molecular flexibility index (Phi) is 8.14. The predicted molar refractivity (Wildman–Crippen MR) is 170 cm³/mol. The van der Waals surface area contributed by atoms with Gasteiger partial charge in [0.15, 0.2) is 0 Å². The molecule has 0 unspecified atom stereocenters. The van der Waals surface area contributed by atoms with E-state index in [1.54, 1.807) is 17.0 Å². The molecule has 1 saturated carbocycles. The maximum Gasteiger partial charge on any atom is 0.338 e. The van der Waals surface area contributed by atoms with Crippen LogP contribution in [-0.2, 0) is 11.3 Å². The zero-order chi connectivity index (χ0) is 31.1. The summed E-state index contributed by atoms with van der Waals surface area (Å²) in [4.78, 5) is 29.7. The van der Waals surface area contributed by atoms with Crippen LogP contribution in [0.5, 0.6) is 5.75 Å². The summed E-state index contributed by atoms with van der Waals surface area (Å²) < 4.78 is 25.3. The number of rotatable bonds is 8. The summed E-state index contributed by atoms with van der Waals surface area (Å²) in [6, 6.07) is 18.2. The van der Waals surface area contributed by atoms with Crippen molar-refractivity contribution >= 4 is 17.7 Å². The van der Waals surface area contributed by atoms with Gasteiger partial charge in [0, 0.05) is 30.9 Å². The molecule has 1 spiro atoms. The number of amides is 2. The van der Waals surface area contributed by atoms with Crippen molar-refractivity contribution in [3.63, 3.8) is 0 Å². The van der Waals surface area contributed by atoms with Crippen LogP contribution in [-0.4, -0.2) is 54.3 Å². The maximum atomic E-state index is 13.7. The fraction of sp³-hybridized carbons (Fsp3) is 0.444. The van der Waals surface area contributed by atoms with Crippen LogP contribution in [0.1, 0.15) is 80.8 Å². The molecule has 6 rings (SSSR count). The summed E-state index contributed by atoms with van der Waals surface area (Å²) in [7, 11) is 0. The lowest BCUT2D eigenvalue weighted by atomic mass is 9.87. The number of ether oxygens (including phenoxy) is 2. The van der Waals surface area contributed by atoms with Crippen molar-refractivity contribution in [2.45, 2.75) is 77.0 Å². The molecular weight excluding hydrogens is 557 g/mol. The van der Waals surface area contributed by atoms with Gasteiger partial charge in [-0.1, -0.05) is 12.1 Å². The second-order valence-electron chi connectivity index (χ2n) is 13.4. The maximum absolute atomic E-state index is 13.7. The molecule has 3 fully saturated rings. The van der Waals surface area contributed by atoms with E-state index in [-0.39, 0.29) is 23.4 Å². The van der Waals surface area contributed by atoms with Gasteiger partial charge in [0.05, 0.1) is 24.3 Å². The van der Waals surface area contributed by atoms with Crippen LogP contribution in [0.3, 0.4) is 0 Å². The van der Waals surface area contributed by atoms with Crippen molar-refractivity contribution in [2.75, 3.05) is 31.1 Å². The second-order valence-corrected chi connectivity index (χ2v) is 13.4. The highest BCUT2D eigenvalue weighted by Gasteiger charge is 2.45. The minimum atomic E-state index is -0.566. The third-order valence-electron chi connectivity index (χ3n) is 8.80. The number of carbonyl (C=O) groups excluding carboxylic acids is 2. The molecule has 1 N–H and O–H groups in total. The fourth-order valence-corrected chi connectivity index (χ4v) is 6.36. The van der Waals surface area contributed by atoms with Crippen LogP contribution in [0.15, 0.2) is 60.7 Å². The third kappa shape index (κ3) is 6.60. The number of benzene rings is 3. The number of esters is 1. The summed E-state index contributed by atoms with van der Waals surface area (Å²) >= 11 is 0. The van der Waals surface area contributed by atoms with E-state index in [0.717, 1.165) is 55.0 Å². The highest BCUT2D eigenvalue weighted by molar-refractivity contribution is 5.96. The number of carbonyl (C=O) groups is 2. The predicted octanol–water partition coefficient (Wildman–Crippen LogP) is 7.29. The number of nitrogens with zero attached hydrogens (tertiary/aromatic N) is 2. The molecule has 2 saturated heterocycles. The van der Waals surface area contributed by atoms with Crippen LogP contribution in [0, 0.1) is 5.82 Å². The molecule has 0 aromatic heterocycles. The van der Waals surface area contributed by atoms with Crippen molar-refractivity contribution in [1.29, 1.82) is 0 Å². The number of urea groups is 1. The minimum Gasteiger partial charge on any atom is -0.494 e. The molecular formula is C36H42FN3O4. The Morgan fingerprint density at radius 1 is 1.02 bits per heavy atom. The quantitative estimate of drug-likeness (QED) is 0.276. The lowest BCUT2D eigenvalue weighted by Gasteiger charge is -2.39. The fourth-order valence-electron chi connectivity index (χ4n) is 6.36. The van der Waals surface area contributed by atoms with E-state index in [2.05, 4.69) is 22.3 Å². The van der Waals surface area contributed by atoms with E-state index < -0.39 is 5.60 Å². The summed E-state index contributed by atoms with van der Waals surface area (Å²) in [5, 5.41) is 3.28. The first-order valence-electron chi connectivity index (χ1n) is 15.7. The van der Waals surface area contributed by atoms with E-state index in [4.69, 9.17) is 9.47 Å². The van der Waals surface area contributed by atoms with Crippen LogP contribution in [0.2, 0.25) is 0 Å². The topological polar surface area (TPSA) is 71.1 Å². The first-order valence-corrected chi connectivity index (χ1v) is 15.7. The molecule has 0 atom stereocenters. The number of likely N-dealkylation sites (tertiary alicyclic amines) is 1. The Bertz CT molecular complexity index is 1520. The van der Waals surface area contributed by atoms with Gasteiger partial charge >= 0.3 is 12.0 Å². The number of anilines is 1. The molecule has 2 amide bonds. The molecule has 3 aromatic rings. The van der Waals surface area contributed by atoms with Crippen molar-refractivity contribution in [3.8, 4) is 16.9 Å². The van der Waals surface area contributed by atoms with Crippen molar-refractivity contribution < 1.29 is 23.5 Å².